The Bertz CT molecular complexity index is 1080. The summed E-state index contributed by atoms with van der Waals surface area (Å²) in [5, 5.41) is 25.0. The summed E-state index contributed by atoms with van der Waals surface area (Å²) in [4.78, 5) is 64.3. The van der Waals surface area contributed by atoms with Gasteiger partial charge in [0, 0.05) is 26.2 Å². The van der Waals surface area contributed by atoms with E-state index in [9.17, 15) is 34.1 Å². The van der Waals surface area contributed by atoms with Crippen LogP contribution in [0.25, 0.3) is 0 Å². The zero-order valence-electron chi connectivity index (χ0n) is 19.6. The molecule has 4 N–H and O–H groups in total. The van der Waals surface area contributed by atoms with Crippen LogP contribution >= 0.6 is 0 Å². The highest BCUT2D eigenvalue weighted by atomic mass is 16.5. The summed E-state index contributed by atoms with van der Waals surface area (Å²) in [5.41, 5.74) is 0.379. The highest BCUT2D eigenvalue weighted by molar-refractivity contribution is 6.47. The van der Waals surface area contributed by atoms with Crippen LogP contribution in [0.1, 0.15) is 35.7 Å². The molecule has 0 radical (unpaired) electrons. The van der Waals surface area contributed by atoms with E-state index in [-0.39, 0.29) is 30.8 Å². The van der Waals surface area contributed by atoms with E-state index in [4.69, 9.17) is 9.39 Å². The molecule has 2 fully saturated rings. The molecule has 0 bridgehead atoms. The second kappa shape index (κ2) is 10.5. The third-order valence-electron chi connectivity index (χ3n) is 6.51. The number of aromatic carboxylic acids is 1. The van der Waals surface area contributed by atoms with Gasteiger partial charge in [0.15, 0.2) is 0 Å². The number of hydrogen-bond donors (Lipinski definition) is 4. The summed E-state index contributed by atoms with van der Waals surface area (Å²) >= 11 is 0. The quantitative estimate of drug-likeness (QED) is 0.274. The molecule has 13 nitrogen and oxygen atoms in total. The fourth-order valence-electron chi connectivity index (χ4n) is 4.56. The number of carbonyl (C=O) groups excluding carboxylic acids is 4. The standard InChI is InChI=1S/C22H27BN4O9/c1-2-26-8-9-27(20(30)19(26)29)22(33)25-16(14-7-4-10-35-14)18(28)24-15-11-12-5-3-6-13(21(31)32)17(12)36-23(15)34/h3,5-6,14-16,34H,2,4,7-11H2,1H3,(H,24,28)(H,25,33)(H,31,32)/t14?,15-,16?/m0/s1. The highest BCUT2D eigenvalue weighted by Crippen LogP contribution is 2.30. The van der Waals surface area contributed by atoms with Crippen LogP contribution in [-0.2, 0) is 25.5 Å². The average molecular weight is 502 g/mol. The molecule has 14 heteroatoms. The molecule has 1 aromatic carbocycles. The van der Waals surface area contributed by atoms with Gasteiger partial charge >= 0.3 is 30.9 Å². The van der Waals surface area contributed by atoms with Crippen LogP contribution in [0.2, 0.25) is 0 Å². The molecule has 3 aliphatic heterocycles. The van der Waals surface area contributed by atoms with Crippen molar-refractivity contribution >= 4 is 36.8 Å². The molecule has 0 saturated carbocycles. The number of carboxylic acids is 1. The van der Waals surface area contributed by atoms with Crippen LogP contribution in [0, 0.1) is 0 Å². The number of carboxylic acid groups (broad SMARTS) is 1. The first kappa shape index (κ1) is 25.4. The van der Waals surface area contributed by atoms with Gasteiger partial charge in [-0.05, 0) is 37.8 Å². The molecule has 2 unspecified atom stereocenters. The van der Waals surface area contributed by atoms with E-state index in [1.807, 2.05) is 0 Å². The Balaban J connectivity index is 1.47. The fourth-order valence-corrected chi connectivity index (χ4v) is 4.56. The number of amides is 5. The summed E-state index contributed by atoms with van der Waals surface area (Å²) in [7, 11) is -1.54. The van der Waals surface area contributed by atoms with Gasteiger partial charge in [0.05, 0.1) is 17.6 Å². The lowest BCUT2D eigenvalue weighted by Gasteiger charge is -2.34. The van der Waals surface area contributed by atoms with Crippen molar-refractivity contribution in [1.82, 2.24) is 20.4 Å². The first-order chi connectivity index (χ1) is 17.2. The minimum absolute atomic E-state index is 0.0119. The lowest BCUT2D eigenvalue weighted by molar-refractivity contribution is -0.153. The summed E-state index contributed by atoms with van der Waals surface area (Å²) in [6.45, 7) is 2.63. The van der Waals surface area contributed by atoms with Crippen LogP contribution in [0.4, 0.5) is 4.79 Å². The predicted molar refractivity (Wildman–Crippen MR) is 123 cm³/mol. The van der Waals surface area contributed by atoms with Gasteiger partial charge in [-0.15, -0.1) is 0 Å². The lowest BCUT2D eigenvalue weighted by atomic mass is 9.72. The van der Waals surface area contributed by atoms with Crippen LogP contribution in [0.15, 0.2) is 18.2 Å². The number of piperazine rings is 1. The number of likely N-dealkylation sites (N-methyl/N-ethyl adjacent to an activating group) is 1. The van der Waals surface area contributed by atoms with Crippen molar-refractivity contribution in [1.29, 1.82) is 0 Å². The zero-order valence-corrected chi connectivity index (χ0v) is 19.6. The zero-order chi connectivity index (χ0) is 26.0. The minimum Gasteiger partial charge on any atom is -0.534 e. The monoisotopic (exact) mass is 502 g/mol. The molecule has 3 heterocycles. The van der Waals surface area contributed by atoms with Gasteiger partial charge < -0.3 is 35.1 Å². The lowest BCUT2D eigenvalue weighted by Crippen LogP contribution is -2.63. The van der Waals surface area contributed by atoms with Crippen molar-refractivity contribution in [3.8, 4) is 5.75 Å². The Morgan fingerprint density at radius 3 is 2.67 bits per heavy atom. The Hall–Kier alpha value is -3.65. The molecule has 0 aromatic heterocycles. The van der Waals surface area contributed by atoms with Crippen molar-refractivity contribution in [2.24, 2.45) is 0 Å². The van der Waals surface area contributed by atoms with Gasteiger partial charge in [-0.25, -0.2) is 9.59 Å². The van der Waals surface area contributed by atoms with Crippen molar-refractivity contribution < 1.29 is 43.5 Å². The topological polar surface area (TPSA) is 175 Å². The van der Waals surface area contributed by atoms with Gasteiger partial charge in [-0.3, -0.25) is 19.3 Å². The largest absolute Gasteiger partial charge is 0.547 e. The average Bonchev–Trinajstić information content (AvgIpc) is 3.38. The number of hydrogen-bond acceptors (Lipinski definition) is 8. The number of urea groups is 1. The van der Waals surface area contributed by atoms with E-state index in [1.54, 1.807) is 13.0 Å². The number of para-hydroxylation sites is 1. The molecule has 192 valence electrons. The number of ether oxygens (including phenoxy) is 1. The van der Waals surface area contributed by atoms with E-state index >= 15 is 0 Å². The molecule has 0 spiro atoms. The Kier molecular flexibility index (Phi) is 7.45. The Morgan fingerprint density at radius 1 is 1.22 bits per heavy atom. The normalized spacial score (nSPS) is 22.6. The van der Waals surface area contributed by atoms with Crippen LogP contribution in [0.3, 0.4) is 0 Å². The third-order valence-corrected chi connectivity index (χ3v) is 6.51. The van der Waals surface area contributed by atoms with Crippen molar-refractivity contribution in [3.63, 3.8) is 0 Å². The Labute approximate surface area is 206 Å². The highest BCUT2D eigenvalue weighted by Gasteiger charge is 2.42. The SMILES string of the molecule is CCN1CCN(C(=O)NC(C(=O)N[C@H]2Cc3cccc(C(=O)O)c3OB2O)C2CCCO2)C(=O)C1=O. The van der Waals surface area contributed by atoms with Crippen molar-refractivity contribution in [2.75, 3.05) is 26.2 Å². The molecule has 5 amide bonds. The van der Waals surface area contributed by atoms with Crippen molar-refractivity contribution in [2.45, 2.75) is 44.3 Å². The molecule has 3 atom stereocenters. The molecule has 3 aliphatic rings. The van der Waals surface area contributed by atoms with E-state index in [0.717, 1.165) is 4.90 Å². The minimum atomic E-state index is -1.54. The maximum absolute atomic E-state index is 13.2. The third kappa shape index (κ3) is 5.00. The molecular weight excluding hydrogens is 475 g/mol. The first-order valence-corrected chi connectivity index (χ1v) is 11.7. The molecular formula is C22H27BN4O9. The molecule has 2 saturated heterocycles. The summed E-state index contributed by atoms with van der Waals surface area (Å²) in [5.74, 6) is -4.57. The number of nitrogens with one attached hydrogen (secondary N) is 2. The number of carbonyl (C=O) groups is 5. The van der Waals surface area contributed by atoms with Gasteiger partial charge in [0.2, 0.25) is 5.91 Å². The molecule has 36 heavy (non-hydrogen) atoms. The van der Waals surface area contributed by atoms with Gasteiger partial charge in [-0.1, -0.05) is 12.1 Å². The van der Waals surface area contributed by atoms with E-state index < -0.39 is 54.9 Å². The number of imide groups is 1. The van der Waals surface area contributed by atoms with Gasteiger partial charge in [0.25, 0.3) is 0 Å². The first-order valence-electron chi connectivity index (χ1n) is 11.7. The van der Waals surface area contributed by atoms with Crippen LogP contribution in [-0.4, -0.2) is 101 Å². The smallest absolute Gasteiger partial charge is 0.534 e. The second-order valence-electron chi connectivity index (χ2n) is 8.75. The summed E-state index contributed by atoms with van der Waals surface area (Å²) in [6.07, 6.45) is 0.548. The van der Waals surface area contributed by atoms with Gasteiger partial charge in [0.1, 0.15) is 11.8 Å². The summed E-state index contributed by atoms with van der Waals surface area (Å²) < 4.78 is 11.0. The Morgan fingerprint density at radius 2 is 2.00 bits per heavy atom. The second-order valence-corrected chi connectivity index (χ2v) is 8.75. The summed E-state index contributed by atoms with van der Waals surface area (Å²) in [6, 6.07) is 2.42. The van der Waals surface area contributed by atoms with Crippen molar-refractivity contribution in [3.05, 3.63) is 29.3 Å². The predicted octanol–water partition coefficient (Wildman–Crippen LogP) is -1.23. The number of rotatable bonds is 6. The molecule has 1 aromatic rings. The van der Waals surface area contributed by atoms with E-state index in [0.29, 0.717) is 31.6 Å². The number of nitrogens with zero attached hydrogens (tertiary/aromatic N) is 2. The fraction of sp³-hybridized carbons (Fsp3) is 0.500. The van der Waals surface area contributed by atoms with E-state index in [2.05, 4.69) is 10.6 Å². The molecule has 0 aliphatic carbocycles. The maximum Gasteiger partial charge on any atom is 0.547 e. The maximum atomic E-state index is 13.2. The number of benzene rings is 1. The molecule has 4 rings (SSSR count). The van der Waals surface area contributed by atoms with Crippen LogP contribution in [0.5, 0.6) is 5.75 Å². The van der Waals surface area contributed by atoms with E-state index in [1.165, 1.54) is 17.0 Å². The van der Waals surface area contributed by atoms with Crippen LogP contribution < -0.4 is 15.3 Å². The van der Waals surface area contributed by atoms with Gasteiger partial charge in [-0.2, -0.15) is 0 Å². The number of fused-ring (bicyclic) bond motifs is 1.